The maximum atomic E-state index is 13.1. The van der Waals surface area contributed by atoms with Crippen LogP contribution in [0.1, 0.15) is 15.9 Å². The van der Waals surface area contributed by atoms with Gasteiger partial charge in [0.05, 0.1) is 5.56 Å². The van der Waals surface area contributed by atoms with E-state index in [9.17, 15) is 22.4 Å². The first-order valence-corrected chi connectivity index (χ1v) is 4.41. The van der Waals surface area contributed by atoms with Crippen molar-refractivity contribution in [2.45, 2.75) is 13.1 Å². The molecule has 1 N–H and O–H groups in total. The van der Waals surface area contributed by atoms with E-state index in [0.29, 0.717) is 5.56 Å². The Bertz CT molecular complexity index is 400. The maximum absolute atomic E-state index is 13.1. The van der Waals surface area contributed by atoms with E-state index in [1.807, 2.05) is 0 Å². The number of halogens is 4. The van der Waals surface area contributed by atoms with Gasteiger partial charge in [0.25, 0.3) is 5.91 Å². The highest BCUT2D eigenvalue weighted by Crippen LogP contribution is 2.14. The van der Waals surface area contributed by atoms with Gasteiger partial charge < -0.3 is 5.32 Å². The van der Waals surface area contributed by atoms with Crippen LogP contribution >= 0.6 is 0 Å². The van der Waals surface area contributed by atoms with Gasteiger partial charge in [-0.2, -0.15) is 13.2 Å². The SMILES string of the molecule is Cc1ccc(F)c(C(=O)NCC(F)(F)F)c1. The van der Waals surface area contributed by atoms with Gasteiger partial charge in [-0.1, -0.05) is 11.6 Å². The predicted octanol–water partition coefficient (Wildman–Crippen LogP) is 2.43. The number of benzene rings is 1. The molecule has 1 rings (SSSR count). The second-order valence-corrected chi connectivity index (χ2v) is 3.28. The van der Waals surface area contributed by atoms with Gasteiger partial charge in [-0.25, -0.2) is 4.39 Å². The molecule has 0 aliphatic carbocycles. The van der Waals surface area contributed by atoms with Crippen LogP contribution in [0.5, 0.6) is 0 Å². The molecule has 0 saturated carbocycles. The van der Waals surface area contributed by atoms with Crippen LogP contribution < -0.4 is 5.32 Å². The Kier molecular flexibility index (Phi) is 3.51. The number of carbonyl (C=O) groups is 1. The summed E-state index contributed by atoms with van der Waals surface area (Å²) in [7, 11) is 0. The summed E-state index contributed by atoms with van der Waals surface area (Å²) in [6.45, 7) is 0.138. The minimum atomic E-state index is -4.50. The fourth-order valence-electron chi connectivity index (χ4n) is 1.09. The molecule has 0 aliphatic heterocycles. The third-order valence-electron chi connectivity index (χ3n) is 1.82. The van der Waals surface area contributed by atoms with E-state index < -0.39 is 24.4 Å². The van der Waals surface area contributed by atoms with Crippen molar-refractivity contribution in [2.24, 2.45) is 0 Å². The van der Waals surface area contributed by atoms with Crippen molar-refractivity contribution in [2.75, 3.05) is 6.54 Å². The number of carbonyl (C=O) groups excluding carboxylic acids is 1. The Morgan fingerprint density at radius 1 is 1.38 bits per heavy atom. The molecule has 0 aromatic heterocycles. The smallest absolute Gasteiger partial charge is 0.343 e. The van der Waals surface area contributed by atoms with E-state index >= 15 is 0 Å². The molecule has 1 aromatic carbocycles. The Morgan fingerprint density at radius 3 is 2.56 bits per heavy atom. The zero-order valence-corrected chi connectivity index (χ0v) is 8.36. The lowest BCUT2D eigenvalue weighted by Gasteiger charge is -2.09. The average Bonchev–Trinajstić information content (AvgIpc) is 2.17. The zero-order chi connectivity index (χ0) is 12.3. The monoisotopic (exact) mass is 235 g/mol. The normalized spacial score (nSPS) is 11.3. The molecule has 0 spiro atoms. The lowest BCUT2D eigenvalue weighted by molar-refractivity contribution is -0.123. The maximum Gasteiger partial charge on any atom is 0.405 e. The molecule has 6 heteroatoms. The second kappa shape index (κ2) is 4.51. The standard InChI is InChI=1S/C10H9F4NO/c1-6-2-3-8(11)7(4-6)9(16)15-5-10(12,13)14/h2-4H,5H2,1H3,(H,15,16). The molecule has 0 bridgehead atoms. The van der Waals surface area contributed by atoms with Gasteiger partial charge in [-0.15, -0.1) is 0 Å². The Labute approximate surface area is 89.3 Å². The van der Waals surface area contributed by atoms with Crippen LogP contribution in [0.25, 0.3) is 0 Å². The van der Waals surface area contributed by atoms with Crippen molar-refractivity contribution in [3.05, 3.63) is 35.1 Å². The summed E-state index contributed by atoms with van der Waals surface area (Å²) >= 11 is 0. The van der Waals surface area contributed by atoms with Crippen LogP contribution in [0.3, 0.4) is 0 Å². The number of amides is 1. The highest BCUT2D eigenvalue weighted by atomic mass is 19.4. The summed E-state index contributed by atoms with van der Waals surface area (Å²) in [5.41, 5.74) is 0.211. The molecule has 0 saturated heterocycles. The van der Waals surface area contributed by atoms with Gasteiger partial charge in [0.15, 0.2) is 0 Å². The van der Waals surface area contributed by atoms with Gasteiger partial charge >= 0.3 is 6.18 Å². The van der Waals surface area contributed by atoms with Crippen LogP contribution in [0, 0.1) is 12.7 Å². The first kappa shape index (κ1) is 12.5. The third-order valence-corrected chi connectivity index (χ3v) is 1.82. The number of rotatable bonds is 2. The number of hydrogen-bond acceptors (Lipinski definition) is 1. The highest BCUT2D eigenvalue weighted by Gasteiger charge is 2.28. The summed E-state index contributed by atoms with van der Waals surface area (Å²) in [5.74, 6) is -1.91. The molecule has 88 valence electrons. The molecule has 0 aliphatic rings. The number of nitrogens with one attached hydrogen (secondary N) is 1. The van der Waals surface area contributed by atoms with Crippen molar-refractivity contribution < 1.29 is 22.4 Å². The fraction of sp³-hybridized carbons (Fsp3) is 0.300. The molecule has 0 fully saturated rings. The first-order valence-electron chi connectivity index (χ1n) is 4.41. The van der Waals surface area contributed by atoms with Crippen LogP contribution in [0.2, 0.25) is 0 Å². The van der Waals surface area contributed by atoms with E-state index in [1.54, 1.807) is 12.2 Å². The molecule has 1 amide bonds. The molecule has 0 radical (unpaired) electrons. The molecule has 0 heterocycles. The Morgan fingerprint density at radius 2 is 2.00 bits per heavy atom. The van der Waals surface area contributed by atoms with Crippen molar-refractivity contribution in [1.82, 2.24) is 5.32 Å². The van der Waals surface area contributed by atoms with E-state index in [4.69, 9.17) is 0 Å². The van der Waals surface area contributed by atoms with Gasteiger partial charge in [-0.3, -0.25) is 4.79 Å². The van der Waals surface area contributed by atoms with Gasteiger partial charge in [-0.05, 0) is 19.1 Å². The van der Waals surface area contributed by atoms with E-state index in [2.05, 4.69) is 0 Å². The van der Waals surface area contributed by atoms with E-state index in [1.165, 1.54) is 12.1 Å². The summed E-state index contributed by atoms with van der Waals surface area (Å²) in [6.07, 6.45) is -4.50. The number of aryl methyl sites for hydroxylation is 1. The predicted molar refractivity (Wildman–Crippen MR) is 49.5 cm³/mol. The fourth-order valence-corrected chi connectivity index (χ4v) is 1.09. The van der Waals surface area contributed by atoms with Gasteiger partial charge in [0, 0.05) is 0 Å². The molecule has 2 nitrogen and oxygen atoms in total. The number of hydrogen-bond donors (Lipinski definition) is 1. The molecule has 0 unspecified atom stereocenters. The lowest BCUT2D eigenvalue weighted by Crippen LogP contribution is -2.34. The Balaban J connectivity index is 2.77. The topological polar surface area (TPSA) is 29.1 Å². The minimum Gasteiger partial charge on any atom is -0.343 e. The van der Waals surface area contributed by atoms with Crippen molar-refractivity contribution in [3.63, 3.8) is 0 Å². The molecule has 0 atom stereocenters. The minimum absolute atomic E-state index is 0.385. The molecular formula is C10H9F4NO. The van der Waals surface area contributed by atoms with E-state index in [0.717, 1.165) is 6.07 Å². The van der Waals surface area contributed by atoms with Crippen LogP contribution in [0.4, 0.5) is 17.6 Å². The molecular weight excluding hydrogens is 226 g/mol. The van der Waals surface area contributed by atoms with Crippen LogP contribution in [0.15, 0.2) is 18.2 Å². The molecule has 16 heavy (non-hydrogen) atoms. The zero-order valence-electron chi connectivity index (χ0n) is 8.36. The summed E-state index contributed by atoms with van der Waals surface area (Å²) in [5, 5.41) is 1.60. The lowest BCUT2D eigenvalue weighted by atomic mass is 10.1. The van der Waals surface area contributed by atoms with Gasteiger partial charge in [0.2, 0.25) is 0 Å². The Hall–Kier alpha value is -1.59. The van der Waals surface area contributed by atoms with Crippen LogP contribution in [-0.4, -0.2) is 18.6 Å². The van der Waals surface area contributed by atoms with Crippen molar-refractivity contribution >= 4 is 5.91 Å². The second-order valence-electron chi connectivity index (χ2n) is 3.28. The van der Waals surface area contributed by atoms with Crippen molar-refractivity contribution in [1.29, 1.82) is 0 Å². The summed E-state index contributed by atoms with van der Waals surface area (Å²) in [6, 6.07) is 3.66. The van der Waals surface area contributed by atoms with Crippen LogP contribution in [-0.2, 0) is 0 Å². The quantitative estimate of drug-likeness (QED) is 0.783. The molecule has 1 aromatic rings. The first-order chi connectivity index (χ1) is 7.29. The van der Waals surface area contributed by atoms with Gasteiger partial charge in [0.1, 0.15) is 12.4 Å². The van der Waals surface area contributed by atoms with E-state index in [-0.39, 0.29) is 5.56 Å². The van der Waals surface area contributed by atoms with Crippen molar-refractivity contribution in [3.8, 4) is 0 Å². The highest BCUT2D eigenvalue weighted by molar-refractivity contribution is 5.94. The summed E-state index contributed by atoms with van der Waals surface area (Å²) in [4.78, 5) is 11.2. The number of alkyl halides is 3. The summed E-state index contributed by atoms with van der Waals surface area (Å²) < 4.78 is 48.5. The average molecular weight is 235 g/mol. The largest absolute Gasteiger partial charge is 0.405 e. The third kappa shape index (κ3) is 3.52.